The molecule has 2 unspecified atom stereocenters. The van der Waals surface area contributed by atoms with E-state index in [-0.39, 0.29) is 24.7 Å². The molecular weight excluding hydrogens is 248 g/mol. The van der Waals surface area contributed by atoms with E-state index in [0.29, 0.717) is 36.6 Å². The molecule has 2 rings (SSSR count). The molecule has 0 bridgehead atoms. The lowest BCUT2D eigenvalue weighted by Gasteiger charge is -2.37. The number of aromatic nitrogens is 1. The summed E-state index contributed by atoms with van der Waals surface area (Å²) in [7, 11) is 0. The Morgan fingerprint density at radius 1 is 1.58 bits per heavy atom. The van der Waals surface area contributed by atoms with Crippen molar-refractivity contribution in [2.75, 3.05) is 19.8 Å². The van der Waals surface area contributed by atoms with Gasteiger partial charge in [0.15, 0.2) is 0 Å². The second-order valence-corrected chi connectivity index (χ2v) is 4.86. The number of morpholine rings is 1. The Balaban J connectivity index is 2.24. The number of amides is 1. The molecule has 2 atom stereocenters. The Labute approximate surface area is 112 Å². The second kappa shape index (κ2) is 5.71. The fourth-order valence-corrected chi connectivity index (χ4v) is 2.29. The summed E-state index contributed by atoms with van der Waals surface area (Å²) in [4.78, 5) is 14.3. The van der Waals surface area contributed by atoms with Crippen molar-refractivity contribution in [3.05, 3.63) is 17.0 Å². The van der Waals surface area contributed by atoms with Crippen LogP contribution in [0.4, 0.5) is 0 Å². The molecule has 0 saturated carbocycles. The van der Waals surface area contributed by atoms with Crippen LogP contribution < -0.4 is 0 Å². The van der Waals surface area contributed by atoms with Gasteiger partial charge in [0, 0.05) is 6.54 Å². The number of carbonyl (C=O) groups excluding carboxylic acids is 1. The highest BCUT2D eigenvalue weighted by Crippen LogP contribution is 2.20. The third-order valence-corrected chi connectivity index (χ3v) is 3.45. The van der Waals surface area contributed by atoms with E-state index in [2.05, 4.69) is 5.16 Å². The molecule has 1 N–H and O–H groups in total. The molecule has 1 aliphatic rings. The largest absolute Gasteiger partial charge is 0.394 e. The SMILES string of the molecule is CCc1noc(C)c1C(=O)N1CC(CO)OCC1C. The van der Waals surface area contributed by atoms with Gasteiger partial charge in [0.05, 0.1) is 31.1 Å². The van der Waals surface area contributed by atoms with Gasteiger partial charge >= 0.3 is 0 Å². The van der Waals surface area contributed by atoms with Gasteiger partial charge in [-0.25, -0.2) is 0 Å². The summed E-state index contributed by atoms with van der Waals surface area (Å²) in [6.07, 6.45) is 0.339. The molecule has 19 heavy (non-hydrogen) atoms. The molecule has 1 amide bonds. The van der Waals surface area contributed by atoms with E-state index in [1.165, 1.54) is 0 Å². The van der Waals surface area contributed by atoms with Gasteiger partial charge in [-0.05, 0) is 20.3 Å². The van der Waals surface area contributed by atoms with Crippen molar-refractivity contribution in [3.8, 4) is 0 Å². The van der Waals surface area contributed by atoms with Crippen LogP contribution in [-0.4, -0.2) is 53.0 Å². The molecule has 106 valence electrons. The van der Waals surface area contributed by atoms with E-state index in [4.69, 9.17) is 14.4 Å². The van der Waals surface area contributed by atoms with E-state index in [1.807, 2.05) is 13.8 Å². The normalized spacial score (nSPS) is 23.7. The Morgan fingerprint density at radius 2 is 2.32 bits per heavy atom. The topological polar surface area (TPSA) is 75.8 Å². The number of rotatable bonds is 3. The Hall–Kier alpha value is -1.40. The molecule has 1 aromatic heterocycles. The highest BCUT2D eigenvalue weighted by molar-refractivity contribution is 5.96. The van der Waals surface area contributed by atoms with E-state index in [0.717, 1.165) is 0 Å². The molecule has 1 aliphatic heterocycles. The fraction of sp³-hybridized carbons (Fsp3) is 0.692. The van der Waals surface area contributed by atoms with E-state index >= 15 is 0 Å². The molecule has 0 radical (unpaired) electrons. The summed E-state index contributed by atoms with van der Waals surface area (Å²) >= 11 is 0. The molecule has 2 heterocycles. The lowest BCUT2D eigenvalue weighted by Crippen LogP contribution is -2.52. The molecule has 6 heteroatoms. The summed E-state index contributed by atoms with van der Waals surface area (Å²) in [6.45, 7) is 6.36. The lowest BCUT2D eigenvalue weighted by molar-refractivity contribution is -0.0668. The highest BCUT2D eigenvalue weighted by atomic mass is 16.5. The minimum Gasteiger partial charge on any atom is -0.394 e. The smallest absolute Gasteiger partial charge is 0.259 e. The van der Waals surface area contributed by atoms with Gasteiger partial charge in [-0.1, -0.05) is 12.1 Å². The number of hydrogen-bond acceptors (Lipinski definition) is 5. The predicted molar refractivity (Wildman–Crippen MR) is 67.9 cm³/mol. The molecule has 0 aliphatic carbocycles. The third-order valence-electron chi connectivity index (χ3n) is 3.45. The maximum absolute atomic E-state index is 12.6. The van der Waals surface area contributed by atoms with Gasteiger partial charge in [-0.15, -0.1) is 0 Å². The minimum absolute atomic E-state index is 0.0192. The monoisotopic (exact) mass is 268 g/mol. The van der Waals surface area contributed by atoms with Crippen LogP contribution in [0.2, 0.25) is 0 Å². The molecule has 6 nitrogen and oxygen atoms in total. The van der Waals surface area contributed by atoms with Crippen LogP contribution in [0.25, 0.3) is 0 Å². The van der Waals surface area contributed by atoms with Gasteiger partial charge in [0.2, 0.25) is 0 Å². The van der Waals surface area contributed by atoms with Crippen LogP contribution in [0.15, 0.2) is 4.52 Å². The van der Waals surface area contributed by atoms with Crippen molar-refractivity contribution in [2.45, 2.75) is 39.3 Å². The van der Waals surface area contributed by atoms with Crippen molar-refractivity contribution >= 4 is 5.91 Å². The van der Waals surface area contributed by atoms with Gasteiger partial charge in [-0.3, -0.25) is 4.79 Å². The van der Waals surface area contributed by atoms with Gasteiger partial charge in [0.25, 0.3) is 5.91 Å². The minimum atomic E-state index is -0.314. The van der Waals surface area contributed by atoms with E-state index < -0.39 is 0 Å². The molecule has 0 aromatic carbocycles. The third kappa shape index (κ3) is 2.64. The Bertz CT molecular complexity index is 457. The first-order chi connectivity index (χ1) is 9.08. The summed E-state index contributed by atoms with van der Waals surface area (Å²) in [6, 6.07) is -0.0192. The van der Waals surface area contributed by atoms with Crippen molar-refractivity contribution in [1.82, 2.24) is 10.1 Å². The zero-order valence-corrected chi connectivity index (χ0v) is 11.5. The number of carbonyl (C=O) groups is 1. The number of aliphatic hydroxyl groups excluding tert-OH is 1. The van der Waals surface area contributed by atoms with Crippen LogP contribution in [0, 0.1) is 6.92 Å². The number of hydrogen-bond donors (Lipinski definition) is 1. The van der Waals surface area contributed by atoms with E-state index in [9.17, 15) is 4.79 Å². The van der Waals surface area contributed by atoms with Gasteiger partial charge in [-0.2, -0.15) is 0 Å². The van der Waals surface area contributed by atoms with Crippen LogP contribution in [-0.2, 0) is 11.2 Å². The number of ether oxygens (including phenoxy) is 1. The van der Waals surface area contributed by atoms with Crippen molar-refractivity contribution < 1.29 is 19.2 Å². The zero-order valence-electron chi connectivity index (χ0n) is 11.5. The second-order valence-electron chi connectivity index (χ2n) is 4.86. The van der Waals surface area contributed by atoms with Crippen molar-refractivity contribution in [2.24, 2.45) is 0 Å². The average Bonchev–Trinajstić information content (AvgIpc) is 2.79. The zero-order chi connectivity index (χ0) is 14.0. The lowest BCUT2D eigenvalue weighted by atomic mass is 10.1. The van der Waals surface area contributed by atoms with Crippen molar-refractivity contribution in [1.29, 1.82) is 0 Å². The highest BCUT2D eigenvalue weighted by Gasteiger charge is 2.32. The van der Waals surface area contributed by atoms with Crippen LogP contribution in [0.3, 0.4) is 0 Å². The number of aryl methyl sites for hydroxylation is 2. The predicted octanol–water partition coefficient (Wildman–Crippen LogP) is 0.767. The summed E-state index contributed by atoms with van der Waals surface area (Å²) < 4.78 is 10.5. The molecule has 0 spiro atoms. The summed E-state index contributed by atoms with van der Waals surface area (Å²) in [5.74, 6) is 0.450. The maximum atomic E-state index is 12.6. The maximum Gasteiger partial charge on any atom is 0.259 e. The summed E-state index contributed by atoms with van der Waals surface area (Å²) in [5, 5.41) is 13.1. The van der Waals surface area contributed by atoms with Gasteiger partial charge in [0.1, 0.15) is 11.3 Å². The quantitative estimate of drug-likeness (QED) is 0.876. The molecule has 1 saturated heterocycles. The molecule has 1 fully saturated rings. The average molecular weight is 268 g/mol. The molecule has 1 aromatic rings. The van der Waals surface area contributed by atoms with Crippen LogP contribution in [0.5, 0.6) is 0 Å². The molecular formula is C13H20N2O4. The van der Waals surface area contributed by atoms with E-state index in [1.54, 1.807) is 11.8 Å². The number of aliphatic hydroxyl groups is 1. The Kier molecular flexibility index (Phi) is 4.21. The summed E-state index contributed by atoms with van der Waals surface area (Å²) in [5.41, 5.74) is 1.23. The fourth-order valence-electron chi connectivity index (χ4n) is 2.29. The van der Waals surface area contributed by atoms with Crippen LogP contribution >= 0.6 is 0 Å². The van der Waals surface area contributed by atoms with Crippen LogP contribution in [0.1, 0.15) is 35.7 Å². The standard InChI is InChI=1S/C13H20N2O4/c1-4-11-12(9(3)19-14-11)13(17)15-5-10(6-16)18-7-8(15)2/h8,10,16H,4-7H2,1-3H3. The number of nitrogens with zero attached hydrogens (tertiary/aromatic N) is 2. The first-order valence-electron chi connectivity index (χ1n) is 6.57. The van der Waals surface area contributed by atoms with Gasteiger partial charge < -0.3 is 19.3 Å². The van der Waals surface area contributed by atoms with Crippen molar-refractivity contribution in [3.63, 3.8) is 0 Å². The first-order valence-corrected chi connectivity index (χ1v) is 6.57. The first kappa shape index (κ1) is 14.0. The Morgan fingerprint density at radius 3 is 2.95 bits per heavy atom.